The number of nitrogens with zero attached hydrogens (tertiary/aromatic N) is 1. The predicted molar refractivity (Wildman–Crippen MR) is 72.9 cm³/mol. The number of fused-ring (bicyclic) bond motifs is 1. The Morgan fingerprint density at radius 3 is 2.84 bits per heavy atom. The molecule has 3 N–H and O–H groups in total. The maximum Gasteiger partial charge on any atom is 0.258 e. The molecule has 0 unspecified atom stereocenters. The van der Waals surface area contributed by atoms with Crippen molar-refractivity contribution < 1.29 is 5.11 Å². The first-order chi connectivity index (χ1) is 9.22. The molecule has 1 aliphatic rings. The van der Waals surface area contributed by atoms with Crippen molar-refractivity contribution in [1.82, 2.24) is 15.3 Å². The van der Waals surface area contributed by atoms with Crippen molar-refractivity contribution in [1.29, 1.82) is 0 Å². The fraction of sp³-hybridized carbons (Fsp3) is 0.429. The Kier molecular flexibility index (Phi) is 3.08. The molecule has 1 aliphatic carbocycles. The zero-order valence-corrected chi connectivity index (χ0v) is 10.6. The van der Waals surface area contributed by atoms with Crippen molar-refractivity contribution in [3.8, 4) is 0 Å². The first-order valence-corrected chi connectivity index (χ1v) is 6.56. The van der Waals surface area contributed by atoms with E-state index in [0.29, 0.717) is 23.3 Å². The molecule has 0 radical (unpaired) electrons. The first kappa shape index (κ1) is 12.3. The van der Waals surface area contributed by atoms with E-state index in [9.17, 15) is 9.90 Å². The standard InChI is InChI=1S/C14H17N3O2/c18-9-14(6-3-7-14)15-8-12-16-11-5-2-1-4-10(11)13(19)17-12/h1-2,4-5,15,18H,3,6-9H2,(H,16,17,19). The Labute approximate surface area is 110 Å². The van der Waals surface area contributed by atoms with Crippen LogP contribution in [-0.4, -0.2) is 27.2 Å². The van der Waals surface area contributed by atoms with Crippen LogP contribution in [-0.2, 0) is 6.54 Å². The Bertz CT molecular complexity index is 641. The molecule has 0 atom stereocenters. The van der Waals surface area contributed by atoms with E-state index in [0.717, 1.165) is 19.3 Å². The molecule has 1 fully saturated rings. The second kappa shape index (κ2) is 4.75. The number of nitrogens with one attached hydrogen (secondary N) is 2. The van der Waals surface area contributed by atoms with E-state index in [1.807, 2.05) is 18.2 Å². The van der Waals surface area contributed by atoms with Crippen LogP contribution in [0.25, 0.3) is 10.9 Å². The lowest BCUT2D eigenvalue weighted by Crippen LogP contribution is -2.53. The third-order valence-corrected chi connectivity index (χ3v) is 3.91. The van der Waals surface area contributed by atoms with E-state index in [2.05, 4.69) is 15.3 Å². The van der Waals surface area contributed by atoms with E-state index in [4.69, 9.17) is 0 Å². The summed E-state index contributed by atoms with van der Waals surface area (Å²) >= 11 is 0. The topological polar surface area (TPSA) is 78.0 Å². The van der Waals surface area contributed by atoms with Crippen molar-refractivity contribution in [3.63, 3.8) is 0 Å². The molecule has 0 aliphatic heterocycles. The van der Waals surface area contributed by atoms with Crippen LogP contribution in [0.5, 0.6) is 0 Å². The summed E-state index contributed by atoms with van der Waals surface area (Å²) in [4.78, 5) is 19.1. The van der Waals surface area contributed by atoms with Gasteiger partial charge in [0.1, 0.15) is 5.82 Å². The van der Waals surface area contributed by atoms with Crippen LogP contribution in [0, 0.1) is 0 Å². The van der Waals surface area contributed by atoms with Crippen LogP contribution < -0.4 is 10.9 Å². The summed E-state index contributed by atoms with van der Waals surface area (Å²) in [6, 6.07) is 7.29. The molecule has 0 spiro atoms. The fourth-order valence-electron chi connectivity index (χ4n) is 2.48. The van der Waals surface area contributed by atoms with Gasteiger partial charge in [0.25, 0.3) is 5.56 Å². The molecule has 3 rings (SSSR count). The third-order valence-electron chi connectivity index (χ3n) is 3.91. The quantitative estimate of drug-likeness (QED) is 0.763. The zero-order chi connectivity index (χ0) is 13.3. The van der Waals surface area contributed by atoms with Gasteiger partial charge in [-0.1, -0.05) is 12.1 Å². The number of H-pyrrole nitrogens is 1. The number of para-hydroxylation sites is 1. The maximum atomic E-state index is 11.9. The molecule has 0 saturated heterocycles. The van der Waals surface area contributed by atoms with Gasteiger partial charge in [-0.25, -0.2) is 4.98 Å². The van der Waals surface area contributed by atoms with Gasteiger partial charge in [0.2, 0.25) is 0 Å². The summed E-state index contributed by atoms with van der Waals surface area (Å²) in [7, 11) is 0. The van der Waals surface area contributed by atoms with Crippen LogP contribution >= 0.6 is 0 Å². The average Bonchev–Trinajstić information content (AvgIpc) is 2.38. The van der Waals surface area contributed by atoms with Crippen molar-refractivity contribution in [2.24, 2.45) is 0 Å². The van der Waals surface area contributed by atoms with Crippen molar-refractivity contribution in [2.75, 3.05) is 6.61 Å². The number of hydrogen-bond donors (Lipinski definition) is 3. The molecule has 0 amide bonds. The number of aliphatic hydroxyl groups excluding tert-OH is 1. The first-order valence-electron chi connectivity index (χ1n) is 6.56. The van der Waals surface area contributed by atoms with Crippen LogP contribution in [0.15, 0.2) is 29.1 Å². The molecule has 1 aromatic heterocycles. The van der Waals surface area contributed by atoms with Gasteiger partial charge >= 0.3 is 0 Å². The Hall–Kier alpha value is -1.72. The predicted octanol–water partition coefficient (Wildman–Crippen LogP) is 0.928. The summed E-state index contributed by atoms with van der Waals surface area (Å²) in [5.41, 5.74) is 0.410. The number of rotatable bonds is 4. The van der Waals surface area contributed by atoms with Crippen LogP contribution in [0.4, 0.5) is 0 Å². The lowest BCUT2D eigenvalue weighted by molar-refractivity contribution is 0.0865. The van der Waals surface area contributed by atoms with Gasteiger partial charge in [0, 0.05) is 5.54 Å². The molecular formula is C14H17N3O2. The van der Waals surface area contributed by atoms with Crippen LogP contribution in [0.1, 0.15) is 25.1 Å². The Morgan fingerprint density at radius 2 is 2.16 bits per heavy atom. The number of benzene rings is 1. The smallest absolute Gasteiger partial charge is 0.258 e. The largest absolute Gasteiger partial charge is 0.394 e. The highest BCUT2D eigenvalue weighted by molar-refractivity contribution is 5.77. The van der Waals surface area contributed by atoms with E-state index in [1.165, 1.54) is 0 Å². The minimum atomic E-state index is -0.176. The van der Waals surface area contributed by atoms with Crippen LogP contribution in [0.3, 0.4) is 0 Å². The summed E-state index contributed by atoms with van der Waals surface area (Å²) in [5.74, 6) is 0.614. The SMILES string of the molecule is O=c1[nH]c(CNC2(CO)CCC2)nc2ccccc12. The van der Waals surface area contributed by atoms with Gasteiger partial charge in [0.05, 0.1) is 24.1 Å². The number of aromatic amines is 1. The monoisotopic (exact) mass is 259 g/mol. The lowest BCUT2D eigenvalue weighted by atomic mass is 9.77. The minimum absolute atomic E-state index is 0.117. The highest BCUT2D eigenvalue weighted by Gasteiger charge is 2.35. The molecule has 0 bridgehead atoms. The van der Waals surface area contributed by atoms with Crippen molar-refractivity contribution in [3.05, 3.63) is 40.4 Å². The minimum Gasteiger partial charge on any atom is -0.394 e. The molecule has 5 heteroatoms. The van der Waals surface area contributed by atoms with Gasteiger partial charge in [-0.15, -0.1) is 0 Å². The molecule has 2 aromatic rings. The molecule has 1 heterocycles. The Morgan fingerprint density at radius 1 is 1.37 bits per heavy atom. The second-order valence-electron chi connectivity index (χ2n) is 5.18. The highest BCUT2D eigenvalue weighted by Crippen LogP contribution is 2.31. The van der Waals surface area contributed by atoms with Crippen molar-refractivity contribution >= 4 is 10.9 Å². The summed E-state index contributed by atoms with van der Waals surface area (Å²) < 4.78 is 0. The third kappa shape index (κ3) is 2.27. The van der Waals surface area contributed by atoms with E-state index >= 15 is 0 Å². The van der Waals surface area contributed by atoms with Gasteiger partial charge in [-0.05, 0) is 31.4 Å². The summed E-state index contributed by atoms with van der Waals surface area (Å²) in [6.45, 7) is 0.603. The normalized spacial score (nSPS) is 17.3. The number of hydrogen-bond acceptors (Lipinski definition) is 4. The van der Waals surface area contributed by atoms with Gasteiger partial charge in [0.15, 0.2) is 0 Å². The molecule has 5 nitrogen and oxygen atoms in total. The lowest BCUT2D eigenvalue weighted by Gasteiger charge is -2.41. The van der Waals surface area contributed by atoms with Gasteiger partial charge in [-0.2, -0.15) is 0 Å². The molecule has 100 valence electrons. The fourth-order valence-corrected chi connectivity index (χ4v) is 2.48. The van der Waals surface area contributed by atoms with Gasteiger partial charge in [-0.3, -0.25) is 4.79 Å². The average molecular weight is 259 g/mol. The summed E-state index contributed by atoms with van der Waals surface area (Å²) in [5, 5.41) is 13.3. The number of aromatic nitrogens is 2. The van der Waals surface area contributed by atoms with E-state index < -0.39 is 0 Å². The molecule has 1 saturated carbocycles. The zero-order valence-electron chi connectivity index (χ0n) is 10.6. The van der Waals surface area contributed by atoms with E-state index in [1.54, 1.807) is 6.07 Å². The van der Waals surface area contributed by atoms with Crippen LogP contribution in [0.2, 0.25) is 0 Å². The number of aliphatic hydroxyl groups is 1. The molecular weight excluding hydrogens is 242 g/mol. The Balaban J connectivity index is 1.83. The summed E-state index contributed by atoms with van der Waals surface area (Å²) in [6.07, 6.45) is 3.08. The maximum absolute atomic E-state index is 11.9. The molecule has 19 heavy (non-hydrogen) atoms. The van der Waals surface area contributed by atoms with Gasteiger partial charge < -0.3 is 15.4 Å². The van der Waals surface area contributed by atoms with E-state index in [-0.39, 0.29) is 17.7 Å². The molecule has 1 aromatic carbocycles. The second-order valence-corrected chi connectivity index (χ2v) is 5.18. The highest BCUT2D eigenvalue weighted by atomic mass is 16.3. The van der Waals surface area contributed by atoms with Crippen molar-refractivity contribution in [2.45, 2.75) is 31.3 Å².